The van der Waals surface area contributed by atoms with Crippen molar-refractivity contribution in [2.24, 2.45) is 11.8 Å². The molecule has 0 aliphatic rings. The van der Waals surface area contributed by atoms with Gasteiger partial charge in [-0.25, -0.2) is 4.79 Å². The Labute approximate surface area is 201 Å². The zero-order valence-corrected chi connectivity index (χ0v) is 20.9. The van der Waals surface area contributed by atoms with Gasteiger partial charge in [0.05, 0.1) is 12.0 Å². The van der Waals surface area contributed by atoms with Crippen LogP contribution in [0.4, 0.5) is 11.5 Å². The molecule has 0 saturated carbocycles. The molecule has 184 valence electrons. The molecule has 3 aromatic rings. The topological polar surface area (TPSA) is 145 Å². The van der Waals surface area contributed by atoms with E-state index in [1.165, 1.54) is 21.2 Å². The molecule has 0 unspecified atom stereocenters. The van der Waals surface area contributed by atoms with Gasteiger partial charge in [-0.2, -0.15) is 0 Å². The number of carbonyl (C=O) groups is 1. The van der Waals surface area contributed by atoms with Gasteiger partial charge in [-0.3, -0.25) is 23.7 Å². The molecule has 12 heteroatoms. The minimum atomic E-state index is -0.682. The van der Waals surface area contributed by atoms with Crippen LogP contribution >= 0.6 is 11.8 Å². The molecule has 0 bridgehead atoms. The molecule has 0 aliphatic carbocycles. The van der Waals surface area contributed by atoms with Gasteiger partial charge in [-0.05, 0) is 30.9 Å². The summed E-state index contributed by atoms with van der Waals surface area (Å²) in [6, 6.07) is 3.56. The lowest BCUT2D eigenvalue weighted by atomic mass is 10.2. The van der Waals surface area contributed by atoms with Crippen molar-refractivity contribution in [2.45, 2.75) is 52.9 Å². The van der Waals surface area contributed by atoms with Crippen LogP contribution < -0.4 is 21.9 Å². The summed E-state index contributed by atoms with van der Waals surface area (Å²) in [6.07, 6.45) is 1.56. The number of rotatable bonds is 10. The highest BCUT2D eigenvalue weighted by Crippen LogP contribution is 2.26. The Morgan fingerprint density at radius 3 is 2.53 bits per heavy atom. The maximum absolute atomic E-state index is 13.3. The number of amides is 1. The highest BCUT2D eigenvalue weighted by molar-refractivity contribution is 7.99. The van der Waals surface area contributed by atoms with E-state index in [0.717, 1.165) is 0 Å². The van der Waals surface area contributed by atoms with E-state index in [1.54, 1.807) is 18.4 Å². The molecule has 3 N–H and O–H groups in total. The molecule has 34 heavy (non-hydrogen) atoms. The van der Waals surface area contributed by atoms with Crippen LogP contribution in [-0.4, -0.2) is 42.5 Å². The van der Waals surface area contributed by atoms with E-state index in [1.807, 2.05) is 39.2 Å². The molecule has 0 saturated heterocycles. The number of aromatic amines is 1. The SMILES string of the molecule is CCn1c(SCC(=O)N(CC(C)C)c2c(N)n(CC(C)C)c(=O)[nH]c2=O)nnc1-c1ccco1. The van der Waals surface area contributed by atoms with Crippen molar-refractivity contribution in [1.82, 2.24) is 24.3 Å². The first-order valence-corrected chi connectivity index (χ1v) is 12.1. The van der Waals surface area contributed by atoms with E-state index in [-0.39, 0.29) is 41.5 Å². The predicted molar refractivity (Wildman–Crippen MR) is 132 cm³/mol. The van der Waals surface area contributed by atoms with Crippen LogP contribution in [0.3, 0.4) is 0 Å². The van der Waals surface area contributed by atoms with Crippen molar-refractivity contribution in [2.75, 3.05) is 22.9 Å². The minimum absolute atomic E-state index is 0.00515. The van der Waals surface area contributed by atoms with Crippen LogP contribution in [0.15, 0.2) is 37.6 Å². The number of nitrogens with one attached hydrogen (secondary N) is 1. The molecule has 3 heterocycles. The number of H-pyrrole nitrogens is 1. The number of aromatic nitrogens is 5. The summed E-state index contributed by atoms with van der Waals surface area (Å²) in [5, 5.41) is 8.96. The van der Waals surface area contributed by atoms with Gasteiger partial charge >= 0.3 is 5.69 Å². The normalized spacial score (nSPS) is 11.5. The zero-order valence-electron chi connectivity index (χ0n) is 20.1. The first-order chi connectivity index (χ1) is 16.1. The van der Waals surface area contributed by atoms with Crippen molar-refractivity contribution in [3.05, 3.63) is 39.2 Å². The molecule has 0 atom stereocenters. The van der Waals surface area contributed by atoms with Gasteiger partial charge < -0.3 is 15.1 Å². The zero-order chi connectivity index (χ0) is 25.0. The summed E-state index contributed by atoms with van der Waals surface area (Å²) in [7, 11) is 0. The van der Waals surface area contributed by atoms with Gasteiger partial charge in [0.2, 0.25) is 5.91 Å². The second kappa shape index (κ2) is 10.8. The third-order valence-electron chi connectivity index (χ3n) is 4.98. The Morgan fingerprint density at radius 2 is 1.94 bits per heavy atom. The van der Waals surface area contributed by atoms with Gasteiger partial charge in [0, 0.05) is 19.6 Å². The van der Waals surface area contributed by atoms with Crippen molar-refractivity contribution in [3.8, 4) is 11.6 Å². The molecule has 3 aromatic heterocycles. The maximum Gasteiger partial charge on any atom is 0.330 e. The van der Waals surface area contributed by atoms with Gasteiger partial charge in [-0.1, -0.05) is 39.5 Å². The molecule has 11 nitrogen and oxygen atoms in total. The number of carbonyl (C=O) groups excluding carboxylic acids is 1. The van der Waals surface area contributed by atoms with Crippen LogP contribution in [0.25, 0.3) is 11.6 Å². The summed E-state index contributed by atoms with van der Waals surface area (Å²) in [5.41, 5.74) is 4.98. The Bertz CT molecular complexity index is 1240. The molecule has 3 rings (SSSR count). The number of nitrogens with zero attached hydrogens (tertiary/aromatic N) is 5. The Hall–Kier alpha value is -3.28. The minimum Gasteiger partial charge on any atom is -0.461 e. The highest BCUT2D eigenvalue weighted by atomic mass is 32.2. The smallest absolute Gasteiger partial charge is 0.330 e. The van der Waals surface area contributed by atoms with Gasteiger partial charge in [0.15, 0.2) is 22.4 Å². The Morgan fingerprint density at radius 1 is 1.21 bits per heavy atom. The molecule has 0 fully saturated rings. The van der Waals surface area contributed by atoms with E-state index >= 15 is 0 Å². The summed E-state index contributed by atoms with van der Waals surface area (Å²) < 4.78 is 8.59. The van der Waals surface area contributed by atoms with E-state index in [2.05, 4.69) is 15.2 Å². The van der Waals surface area contributed by atoms with Gasteiger partial charge in [0.1, 0.15) is 5.82 Å². The fourth-order valence-electron chi connectivity index (χ4n) is 3.54. The number of hydrogen-bond acceptors (Lipinski definition) is 8. The quantitative estimate of drug-likeness (QED) is 0.413. The average molecular weight is 490 g/mol. The van der Waals surface area contributed by atoms with Crippen molar-refractivity contribution < 1.29 is 9.21 Å². The van der Waals surface area contributed by atoms with Crippen LogP contribution in [0.5, 0.6) is 0 Å². The highest BCUT2D eigenvalue weighted by Gasteiger charge is 2.26. The summed E-state index contributed by atoms with van der Waals surface area (Å²) in [5.74, 6) is 0.999. The standard InChI is InChI=1S/C22H31N7O4S/c1-6-27-19(15-8-7-9-33-15)25-26-22(27)34-12-16(30)28(10-13(2)3)17-18(23)29(11-14(4)5)21(32)24-20(17)31/h7-9,13-14H,6,10-12,23H2,1-5H3,(H,24,31,32). The van der Waals surface area contributed by atoms with Gasteiger partial charge in [-0.15, -0.1) is 10.2 Å². The monoisotopic (exact) mass is 489 g/mol. The third kappa shape index (κ3) is 5.44. The second-order valence-corrected chi connectivity index (χ2v) is 9.65. The maximum atomic E-state index is 13.3. The molecule has 0 spiro atoms. The van der Waals surface area contributed by atoms with Crippen molar-refractivity contribution in [1.29, 1.82) is 0 Å². The van der Waals surface area contributed by atoms with Crippen molar-refractivity contribution >= 4 is 29.2 Å². The number of furan rings is 1. The van der Waals surface area contributed by atoms with E-state index in [0.29, 0.717) is 29.8 Å². The van der Waals surface area contributed by atoms with Gasteiger partial charge in [0.25, 0.3) is 5.56 Å². The lowest BCUT2D eigenvalue weighted by Crippen LogP contribution is -2.43. The second-order valence-electron chi connectivity index (χ2n) is 8.71. The van der Waals surface area contributed by atoms with E-state index in [9.17, 15) is 14.4 Å². The van der Waals surface area contributed by atoms with Crippen LogP contribution in [-0.2, 0) is 17.9 Å². The molecular weight excluding hydrogens is 458 g/mol. The average Bonchev–Trinajstić information content (AvgIpc) is 3.43. The molecular formula is C22H31N7O4S. The predicted octanol–water partition coefficient (Wildman–Crippen LogP) is 2.43. The fourth-order valence-corrected chi connectivity index (χ4v) is 4.42. The number of hydrogen-bond donors (Lipinski definition) is 2. The lowest BCUT2D eigenvalue weighted by molar-refractivity contribution is -0.116. The molecule has 1 amide bonds. The third-order valence-corrected chi connectivity index (χ3v) is 5.93. The van der Waals surface area contributed by atoms with E-state index < -0.39 is 11.2 Å². The number of anilines is 2. The fraction of sp³-hybridized carbons (Fsp3) is 0.500. The number of thioether (sulfide) groups is 1. The molecule has 0 radical (unpaired) electrons. The Balaban J connectivity index is 1.91. The molecule has 0 aliphatic heterocycles. The summed E-state index contributed by atoms with van der Waals surface area (Å²) in [6.45, 7) is 10.9. The summed E-state index contributed by atoms with van der Waals surface area (Å²) in [4.78, 5) is 42.1. The van der Waals surface area contributed by atoms with E-state index in [4.69, 9.17) is 10.2 Å². The number of nitrogens with two attached hydrogens (primary N) is 1. The van der Waals surface area contributed by atoms with Crippen LogP contribution in [0.2, 0.25) is 0 Å². The number of nitrogen functional groups attached to an aromatic ring is 1. The first kappa shape index (κ1) is 25.3. The van der Waals surface area contributed by atoms with Crippen LogP contribution in [0.1, 0.15) is 34.6 Å². The largest absolute Gasteiger partial charge is 0.461 e. The molecule has 0 aromatic carbocycles. The van der Waals surface area contributed by atoms with Crippen LogP contribution in [0, 0.1) is 11.8 Å². The first-order valence-electron chi connectivity index (χ1n) is 11.2. The summed E-state index contributed by atoms with van der Waals surface area (Å²) >= 11 is 1.21. The van der Waals surface area contributed by atoms with Crippen molar-refractivity contribution in [3.63, 3.8) is 0 Å². The lowest BCUT2D eigenvalue weighted by Gasteiger charge is -2.26. The Kier molecular flexibility index (Phi) is 8.02.